The van der Waals surface area contributed by atoms with Gasteiger partial charge in [0.1, 0.15) is 5.82 Å². The minimum Gasteiger partial charge on any atom is -0.415 e. The Morgan fingerprint density at radius 3 is 2.65 bits per heavy atom. The molecule has 0 spiro atoms. The molecule has 0 aliphatic carbocycles. The zero-order chi connectivity index (χ0) is 23.8. The topological polar surface area (TPSA) is 87.1 Å². The minimum atomic E-state index is -2.91. The number of alkyl halides is 2. The van der Waals surface area contributed by atoms with Crippen LogP contribution in [0.4, 0.5) is 13.2 Å². The standard InChI is InChI=1S/C23H22F3N5O3/c1-13(19-11-27-8-9-33-19)31-18-5-3-2-4-17(18)30(23(31)32)12-15-7-6-14(10-16(15)24)21-28-29-22(34-21)20(25)26/h2-7,10,13,19-20,27H,8-9,11-12H2,1H3. The number of hydrogen-bond donors (Lipinski definition) is 1. The number of ether oxygens (including phenoxy) is 1. The number of para-hydroxylation sites is 2. The second kappa shape index (κ2) is 9.07. The lowest BCUT2D eigenvalue weighted by Gasteiger charge is -2.29. The van der Waals surface area contributed by atoms with Gasteiger partial charge in [0, 0.05) is 24.2 Å². The van der Waals surface area contributed by atoms with E-state index in [-0.39, 0.29) is 41.4 Å². The molecule has 2 unspecified atom stereocenters. The first kappa shape index (κ1) is 22.4. The smallest absolute Gasteiger partial charge is 0.329 e. The normalized spacial score (nSPS) is 17.5. The van der Waals surface area contributed by atoms with Crippen LogP contribution in [0.3, 0.4) is 0 Å². The molecule has 5 rings (SSSR count). The second-order valence-corrected chi connectivity index (χ2v) is 8.13. The average Bonchev–Trinajstić information content (AvgIpc) is 3.44. The summed E-state index contributed by atoms with van der Waals surface area (Å²) >= 11 is 0. The maximum Gasteiger partial charge on any atom is 0.329 e. The van der Waals surface area contributed by atoms with E-state index >= 15 is 0 Å². The van der Waals surface area contributed by atoms with Gasteiger partial charge < -0.3 is 14.5 Å². The van der Waals surface area contributed by atoms with Crippen molar-refractivity contribution in [3.63, 3.8) is 0 Å². The summed E-state index contributed by atoms with van der Waals surface area (Å²) in [7, 11) is 0. The van der Waals surface area contributed by atoms with E-state index in [4.69, 9.17) is 9.15 Å². The van der Waals surface area contributed by atoms with Gasteiger partial charge in [0.2, 0.25) is 5.89 Å². The summed E-state index contributed by atoms with van der Waals surface area (Å²) in [6.45, 7) is 3.89. The molecule has 1 N–H and O–H groups in total. The lowest BCUT2D eigenvalue weighted by Crippen LogP contribution is -2.44. The van der Waals surface area contributed by atoms with Crippen LogP contribution in [0, 0.1) is 5.82 Å². The first-order chi connectivity index (χ1) is 16.4. The minimum absolute atomic E-state index is 0.0128. The molecule has 4 aromatic rings. The SMILES string of the molecule is CC(C1CNCCO1)n1c(=O)n(Cc2ccc(-c3nnc(C(F)F)o3)cc2F)c2ccccc21. The quantitative estimate of drug-likeness (QED) is 0.461. The van der Waals surface area contributed by atoms with Gasteiger partial charge in [-0.3, -0.25) is 9.13 Å². The lowest BCUT2D eigenvalue weighted by atomic mass is 10.1. The Labute approximate surface area is 192 Å². The molecule has 1 saturated heterocycles. The zero-order valence-corrected chi connectivity index (χ0v) is 18.2. The summed E-state index contributed by atoms with van der Waals surface area (Å²) < 4.78 is 54.4. The molecule has 8 nitrogen and oxygen atoms in total. The lowest BCUT2D eigenvalue weighted by molar-refractivity contribution is -0.000339. The highest BCUT2D eigenvalue weighted by Gasteiger charge is 2.27. The van der Waals surface area contributed by atoms with Crippen molar-refractivity contribution in [3.05, 3.63) is 70.2 Å². The number of benzene rings is 2. The molecule has 2 aromatic carbocycles. The molecule has 1 aliphatic rings. The summed E-state index contributed by atoms with van der Waals surface area (Å²) in [6.07, 6.45) is -3.08. The number of imidazole rings is 1. The van der Waals surface area contributed by atoms with Crippen molar-refractivity contribution in [2.75, 3.05) is 19.7 Å². The Balaban J connectivity index is 1.49. The third-order valence-electron chi connectivity index (χ3n) is 6.03. The molecule has 178 valence electrons. The molecule has 2 atom stereocenters. The summed E-state index contributed by atoms with van der Waals surface area (Å²) in [5.74, 6) is -1.65. The molecule has 2 aromatic heterocycles. The van der Waals surface area contributed by atoms with Crippen LogP contribution in [-0.2, 0) is 11.3 Å². The third kappa shape index (κ3) is 4.01. The summed E-state index contributed by atoms with van der Waals surface area (Å²) in [6, 6.07) is 11.2. The van der Waals surface area contributed by atoms with Gasteiger partial charge in [0.15, 0.2) is 0 Å². The molecule has 0 saturated carbocycles. The molecular weight excluding hydrogens is 451 g/mol. The van der Waals surface area contributed by atoms with Gasteiger partial charge in [-0.05, 0) is 31.2 Å². The predicted octanol–water partition coefficient (Wildman–Crippen LogP) is 3.53. The molecule has 0 amide bonds. The highest BCUT2D eigenvalue weighted by atomic mass is 19.3. The number of fused-ring (bicyclic) bond motifs is 1. The number of aromatic nitrogens is 4. The van der Waals surface area contributed by atoms with Crippen LogP contribution >= 0.6 is 0 Å². The van der Waals surface area contributed by atoms with Crippen LogP contribution < -0.4 is 11.0 Å². The summed E-state index contributed by atoms with van der Waals surface area (Å²) in [5, 5.41) is 10.1. The molecular formula is C23H22F3N5O3. The second-order valence-electron chi connectivity index (χ2n) is 8.13. The van der Waals surface area contributed by atoms with Crippen molar-refractivity contribution in [2.24, 2.45) is 0 Å². The van der Waals surface area contributed by atoms with E-state index in [1.807, 2.05) is 31.2 Å². The fourth-order valence-electron chi connectivity index (χ4n) is 4.26. The van der Waals surface area contributed by atoms with Gasteiger partial charge in [-0.2, -0.15) is 8.78 Å². The first-order valence-corrected chi connectivity index (χ1v) is 10.9. The number of rotatable bonds is 6. The van der Waals surface area contributed by atoms with Crippen molar-refractivity contribution in [1.82, 2.24) is 24.6 Å². The Morgan fingerprint density at radius 2 is 1.97 bits per heavy atom. The van der Waals surface area contributed by atoms with E-state index in [0.29, 0.717) is 18.7 Å². The van der Waals surface area contributed by atoms with Crippen LogP contribution in [-0.4, -0.2) is 45.1 Å². The highest BCUT2D eigenvalue weighted by molar-refractivity contribution is 5.76. The molecule has 1 aliphatic heterocycles. The Kier molecular flexibility index (Phi) is 5.96. The van der Waals surface area contributed by atoms with Gasteiger partial charge in [-0.25, -0.2) is 9.18 Å². The van der Waals surface area contributed by atoms with Gasteiger partial charge >= 0.3 is 12.1 Å². The summed E-state index contributed by atoms with van der Waals surface area (Å²) in [4.78, 5) is 13.5. The molecule has 0 bridgehead atoms. The first-order valence-electron chi connectivity index (χ1n) is 10.9. The number of morpholine rings is 1. The van der Waals surface area contributed by atoms with E-state index in [2.05, 4.69) is 15.5 Å². The van der Waals surface area contributed by atoms with E-state index in [1.54, 1.807) is 4.57 Å². The van der Waals surface area contributed by atoms with Gasteiger partial charge in [0.05, 0.1) is 36.3 Å². The third-order valence-corrected chi connectivity index (χ3v) is 6.03. The molecule has 1 fully saturated rings. The van der Waals surface area contributed by atoms with Gasteiger partial charge in [0.25, 0.3) is 5.89 Å². The number of nitrogens with zero attached hydrogens (tertiary/aromatic N) is 4. The van der Waals surface area contributed by atoms with Crippen LogP contribution in [0.1, 0.15) is 30.8 Å². The molecule has 11 heteroatoms. The van der Waals surface area contributed by atoms with Crippen molar-refractivity contribution < 1.29 is 22.3 Å². The van der Waals surface area contributed by atoms with Crippen LogP contribution in [0.15, 0.2) is 51.7 Å². The van der Waals surface area contributed by atoms with Gasteiger partial charge in [-0.15, -0.1) is 10.2 Å². The number of hydrogen-bond acceptors (Lipinski definition) is 6. The fourth-order valence-corrected chi connectivity index (χ4v) is 4.26. The monoisotopic (exact) mass is 473 g/mol. The van der Waals surface area contributed by atoms with E-state index in [1.165, 1.54) is 16.7 Å². The van der Waals surface area contributed by atoms with E-state index in [0.717, 1.165) is 18.1 Å². The number of nitrogens with one attached hydrogen (secondary N) is 1. The Morgan fingerprint density at radius 1 is 1.18 bits per heavy atom. The predicted molar refractivity (Wildman–Crippen MR) is 117 cm³/mol. The Bertz CT molecular complexity index is 1370. The average molecular weight is 473 g/mol. The van der Waals surface area contributed by atoms with Gasteiger partial charge in [-0.1, -0.05) is 18.2 Å². The molecule has 34 heavy (non-hydrogen) atoms. The number of halogens is 3. The maximum absolute atomic E-state index is 15.0. The van der Waals surface area contributed by atoms with Crippen molar-refractivity contribution in [1.29, 1.82) is 0 Å². The van der Waals surface area contributed by atoms with Crippen molar-refractivity contribution in [3.8, 4) is 11.5 Å². The van der Waals surface area contributed by atoms with Crippen LogP contribution in [0.2, 0.25) is 0 Å². The zero-order valence-electron chi connectivity index (χ0n) is 18.2. The summed E-state index contributed by atoms with van der Waals surface area (Å²) in [5.41, 5.74) is 1.56. The van der Waals surface area contributed by atoms with Crippen LogP contribution in [0.25, 0.3) is 22.5 Å². The Hall–Kier alpha value is -3.44. The van der Waals surface area contributed by atoms with Crippen LogP contribution in [0.5, 0.6) is 0 Å². The van der Waals surface area contributed by atoms with E-state index < -0.39 is 18.1 Å². The largest absolute Gasteiger partial charge is 0.415 e. The van der Waals surface area contributed by atoms with E-state index in [9.17, 15) is 18.0 Å². The van der Waals surface area contributed by atoms with Crippen molar-refractivity contribution >= 4 is 11.0 Å². The molecule has 3 heterocycles. The highest BCUT2D eigenvalue weighted by Crippen LogP contribution is 2.26. The molecule has 0 radical (unpaired) electrons. The van der Waals surface area contributed by atoms with Crippen molar-refractivity contribution in [2.45, 2.75) is 32.0 Å². The maximum atomic E-state index is 15.0. The fraction of sp³-hybridized carbons (Fsp3) is 0.348.